The number of ether oxygens (including phenoxy) is 1. The van der Waals surface area contributed by atoms with Gasteiger partial charge in [-0.25, -0.2) is 8.42 Å². The predicted molar refractivity (Wildman–Crippen MR) is 100.0 cm³/mol. The summed E-state index contributed by atoms with van der Waals surface area (Å²) in [4.78, 5) is 15.5. The molecule has 2 unspecified atom stereocenters. The van der Waals surface area contributed by atoms with E-state index in [0.717, 1.165) is 50.1 Å². The molecule has 0 aromatic heterocycles. The van der Waals surface area contributed by atoms with Crippen molar-refractivity contribution in [1.82, 2.24) is 9.21 Å². The van der Waals surface area contributed by atoms with Gasteiger partial charge in [-0.05, 0) is 61.3 Å². The van der Waals surface area contributed by atoms with Crippen LogP contribution in [0.3, 0.4) is 0 Å². The fraction of sp³-hybridized carbons (Fsp3) is 0.650. The van der Waals surface area contributed by atoms with Gasteiger partial charge in [0.15, 0.2) is 0 Å². The number of piperidine rings is 2. The Kier molecular flexibility index (Phi) is 3.85. The van der Waals surface area contributed by atoms with Gasteiger partial charge in [0.25, 0.3) is 0 Å². The second-order valence-electron chi connectivity index (χ2n) is 8.53. The van der Waals surface area contributed by atoms with Crippen LogP contribution in [0.5, 0.6) is 5.75 Å². The van der Waals surface area contributed by atoms with Gasteiger partial charge in [-0.1, -0.05) is 6.92 Å². The lowest BCUT2D eigenvalue weighted by Crippen LogP contribution is -2.53. The van der Waals surface area contributed by atoms with Gasteiger partial charge >= 0.3 is 0 Å². The molecule has 2 atom stereocenters. The molecule has 0 N–H and O–H groups in total. The molecule has 1 amide bonds. The summed E-state index contributed by atoms with van der Waals surface area (Å²) in [6.45, 7) is 4.75. The maximum absolute atomic E-state index is 13.4. The first kappa shape index (κ1) is 17.5. The first-order valence-corrected chi connectivity index (χ1v) is 11.4. The summed E-state index contributed by atoms with van der Waals surface area (Å²) in [5, 5.41) is 0. The maximum Gasteiger partial charge on any atom is 0.244 e. The van der Waals surface area contributed by atoms with E-state index in [9.17, 15) is 13.2 Å². The molecule has 1 saturated carbocycles. The number of hydrogen-bond acceptors (Lipinski definition) is 4. The number of hydrogen-bond donors (Lipinski definition) is 0. The number of fused-ring (bicyclic) bond motifs is 2. The summed E-state index contributed by atoms with van der Waals surface area (Å²) in [6, 6.07) is 5.10. The van der Waals surface area contributed by atoms with Crippen LogP contribution in [0.25, 0.3) is 0 Å². The third-order valence-corrected chi connectivity index (χ3v) is 8.83. The number of nitrogens with zero attached hydrogens (tertiary/aromatic N) is 2. The highest BCUT2D eigenvalue weighted by atomic mass is 32.2. The van der Waals surface area contributed by atoms with Gasteiger partial charge in [-0.3, -0.25) is 4.79 Å². The van der Waals surface area contributed by atoms with Gasteiger partial charge in [0.1, 0.15) is 11.3 Å². The zero-order chi connectivity index (χ0) is 18.8. The summed E-state index contributed by atoms with van der Waals surface area (Å²) < 4.78 is 33.9. The first-order valence-electron chi connectivity index (χ1n) is 10.0. The molecule has 3 fully saturated rings. The average molecular weight is 391 g/mol. The highest BCUT2D eigenvalue weighted by Gasteiger charge is 2.71. The monoisotopic (exact) mass is 390 g/mol. The molecule has 5 rings (SSSR count). The van der Waals surface area contributed by atoms with Crippen LogP contribution in [0.4, 0.5) is 0 Å². The smallest absolute Gasteiger partial charge is 0.244 e. The van der Waals surface area contributed by atoms with Crippen molar-refractivity contribution in [2.24, 2.45) is 11.8 Å². The van der Waals surface area contributed by atoms with Crippen LogP contribution in [0.1, 0.15) is 38.2 Å². The molecular weight excluding hydrogens is 364 g/mol. The molecule has 0 spiro atoms. The van der Waals surface area contributed by atoms with E-state index in [1.807, 2.05) is 4.90 Å². The maximum atomic E-state index is 13.4. The lowest BCUT2D eigenvalue weighted by molar-refractivity contribution is -0.137. The second-order valence-corrected chi connectivity index (χ2v) is 10.4. The van der Waals surface area contributed by atoms with Crippen molar-refractivity contribution in [2.45, 2.75) is 49.5 Å². The van der Waals surface area contributed by atoms with Crippen LogP contribution in [0.15, 0.2) is 23.1 Å². The summed E-state index contributed by atoms with van der Waals surface area (Å²) in [6.07, 6.45) is 4.19. The van der Waals surface area contributed by atoms with Gasteiger partial charge in [0.05, 0.1) is 11.5 Å². The van der Waals surface area contributed by atoms with Crippen molar-refractivity contribution in [3.05, 3.63) is 23.8 Å². The molecule has 1 aromatic rings. The minimum atomic E-state index is -3.69. The number of rotatable bonds is 3. The Morgan fingerprint density at radius 2 is 1.96 bits per heavy atom. The zero-order valence-electron chi connectivity index (χ0n) is 15.7. The Morgan fingerprint density at radius 1 is 1.19 bits per heavy atom. The van der Waals surface area contributed by atoms with Gasteiger partial charge in [0.2, 0.25) is 15.9 Å². The Morgan fingerprint density at radius 3 is 2.70 bits per heavy atom. The minimum absolute atomic E-state index is 0.0324. The summed E-state index contributed by atoms with van der Waals surface area (Å²) in [5.74, 6) is 1.62. The van der Waals surface area contributed by atoms with Crippen molar-refractivity contribution in [3.8, 4) is 5.75 Å². The van der Waals surface area contributed by atoms with E-state index < -0.39 is 15.6 Å². The molecule has 3 heterocycles. The van der Waals surface area contributed by atoms with Crippen LogP contribution in [-0.4, -0.2) is 55.3 Å². The largest absolute Gasteiger partial charge is 0.493 e. The van der Waals surface area contributed by atoms with E-state index in [-0.39, 0.29) is 11.8 Å². The van der Waals surface area contributed by atoms with E-state index in [2.05, 4.69) is 6.92 Å². The third-order valence-electron chi connectivity index (χ3n) is 6.89. The lowest BCUT2D eigenvalue weighted by Gasteiger charge is -2.36. The van der Waals surface area contributed by atoms with Crippen molar-refractivity contribution >= 4 is 15.9 Å². The van der Waals surface area contributed by atoms with Crippen LogP contribution in [0, 0.1) is 11.8 Å². The van der Waals surface area contributed by atoms with E-state index in [0.29, 0.717) is 30.4 Å². The molecular formula is C20H26N2O4S. The van der Waals surface area contributed by atoms with Gasteiger partial charge in [-0.2, -0.15) is 4.31 Å². The average Bonchev–Trinajstić information content (AvgIpc) is 3.03. The van der Waals surface area contributed by atoms with Gasteiger partial charge < -0.3 is 9.64 Å². The quantitative estimate of drug-likeness (QED) is 0.792. The Balaban J connectivity index is 1.45. The molecule has 6 nitrogen and oxygen atoms in total. The van der Waals surface area contributed by atoms with Crippen molar-refractivity contribution < 1.29 is 17.9 Å². The predicted octanol–water partition coefficient (Wildman–Crippen LogP) is 2.03. The van der Waals surface area contributed by atoms with Crippen molar-refractivity contribution in [3.63, 3.8) is 0 Å². The van der Waals surface area contributed by atoms with Crippen LogP contribution >= 0.6 is 0 Å². The lowest BCUT2D eigenvalue weighted by atomic mass is 9.98. The molecule has 1 aliphatic carbocycles. The Labute approximate surface area is 160 Å². The number of likely N-dealkylation sites (tertiary alicyclic amines) is 1. The minimum Gasteiger partial charge on any atom is -0.493 e. The third kappa shape index (κ3) is 2.54. The standard InChI is InChI=1S/C20H26N2O4S/c1-14-4-8-21(9-5-14)19(23)20-13-16(20)6-10-22(20)27(24,25)17-2-3-18-15(12-17)7-11-26-18/h2-3,12,14,16H,4-11,13H2,1H3. The van der Waals surface area contributed by atoms with Gasteiger partial charge in [-0.15, -0.1) is 0 Å². The molecule has 4 aliphatic rings. The molecule has 0 bridgehead atoms. The number of benzene rings is 1. The van der Waals surface area contributed by atoms with Crippen LogP contribution in [0.2, 0.25) is 0 Å². The van der Waals surface area contributed by atoms with Crippen molar-refractivity contribution in [1.29, 1.82) is 0 Å². The summed E-state index contributed by atoms with van der Waals surface area (Å²) in [5.41, 5.74) is 0.113. The number of sulfonamides is 1. The molecule has 7 heteroatoms. The van der Waals surface area contributed by atoms with E-state index in [4.69, 9.17) is 4.74 Å². The highest BCUT2D eigenvalue weighted by Crippen LogP contribution is 2.58. The summed E-state index contributed by atoms with van der Waals surface area (Å²) in [7, 11) is -3.69. The fourth-order valence-electron chi connectivity index (χ4n) is 5.07. The second kappa shape index (κ2) is 5.95. The number of carbonyl (C=O) groups is 1. The van der Waals surface area contributed by atoms with Crippen molar-refractivity contribution in [2.75, 3.05) is 26.2 Å². The first-order chi connectivity index (χ1) is 12.9. The SMILES string of the molecule is CC1CCN(C(=O)C23CC2CCN3S(=O)(=O)c2ccc3c(c2)CCO3)CC1. The molecule has 146 valence electrons. The normalized spacial score (nSPS) is 30.7. The van der Waals surface area contributed by atoms with Crippen LogP contribution < -0.4 is 4.74 Å². The topological polar surface area (TPSA) is 66.9 Å². The van der Waals surface area contributed by atoms with E-state index >= 15 is 0 Å². The van der Waals surface area contributed by atoms with Gasteiger partial charge in [0, 0.05) is 26.1 Å². The van der Waals surface area contributed by atoms with E-state index in [1.165, 1.54) is 4.31 Å². The molecule has 27 heavy (non-hydrogen) atoms. The molecule has 0 radical (unpaired) electrons. The Hall–Kier alpha value is -1.60. The Bertz CT molecular complexity index is 891. The molecule has 1 aromatic carbocycles. The summed E-state index contributed by atoms with van der Waals surface area (Å²) >= 11 is 0. The molecule has 3 aliphatic heterocycles. The van der Waals surface area contributed by atoms with Crippen LogP contribution in [-0.2, 0) is 21.2 Å². The zero-order valence-corrected chi connectivity index (χ0v) is 16.5. The highest BCUT2D eigenvalue weighted by molar-refractivity contribution is 7.89. The van der Waals surface area contributed by atoms with E-state index in [1.54, 1.807) is 18.2 Å². The fourth-order valence-corrected chi connectivity index (χ4v) is 6.94. The molecule has 2 saturated heterocycles. The number of carbonyl (C=O) groups excluding carboxylic acids is 1. The number of amides is 1.